The molecule has 0 amide bonds. The predicted octanol–water partition coefficient (Wildman–Crippen LogP) is -0.558. The van der Waals surface area contributed by atoms with E-state index in [1.165, 1.54) is 0 Å². The quantitative estimate of drug-likeness (QED) is 0.548. The molecule has 1 aromatic carbocycles. The van der Waals surface area contributed by atoms with E-state index >= 15 is 0 Å². The summed E-state index contributed by atoms with van der Waals surface area (Å²) in [5, 5.41) is 0. The van der Waals surface area contributed by atoms with Crippen molar-refractivity contribution in [3.05, 3.63) is 24.0 Å². The van der Waals surface area contributed by atoms with E-state index in [4.69, 9.17) is 9.47 Å². The molecule has 2 rings (SSSR count). The largest absolute Gasteiger partial charge is 1.00 e. The Morgan fingerprint density at radius 2 is 2.05 bits per heavy atom. The smallest absolute Gasteiger partial charge is 0.494 e. The second-order valence-corrected chi connectivity index (χ2v) is 4.20. The van der Waals surface area contributed by atoms with Crippen molar-refractivity contribution in [3.63, 3.8) is 0 Å². The third-order valence-electron chi connectivity index (χ3n) is 2.77. The van der Waals surface area contributed by atoms with Gasteiger partial charge in [-0.3, -0.25) is 0 Å². The Bertz CT molecular complexity index is 422. The topological polar surface area (TPSA) is 18.5 Å². The van der Waals surface area contributed by atoms with Gasteiger partial charge in [0.25, 0.3) is 0 Å². The Labute approximate surface area is 151 Å². The molecule has 1 unspecified atom stereocenters. The van der Waals surface area contributed by atoms with Crippen molar-refractivity contribution in [1.82, 2.24) is 0 Å². The molecule has 0 bridgehead atoms. The summed E-state index contributed by atoms with van der Waals surface area (Å²) >= 11 is 0. The van der Waals surface area contributed by atoms with Crippen LogP contribution in [0.15, 0.2) is 18.2 Å². The van der Waals surface area contributed by atoms with Gasteiger partial charge in [0.05, 0.1) is 11.9 Å². The number of halogens is 4. The Hall–Kier alpha value is 0.401. The van der Waals surface area contributed by atoms with Crippen LogP contribution < -0.4 is 61.6 Å². The maximum atomic E-state index is 12.8. The molecule has 8 heteroatoms. The van der Waals surface area contributed by atoms with Crippen LogP contribution >= 0.6 is 0 Å². The first-order chi connectivity index (χ1) is 8.47. The Balaban J connectivity index is 0.00000180. The van der Waals surface area contributed by atoms with Gasteiger partial charge in [-0.15, -0.1) is 0 Å². The van der Waals surface area contributed by atoms with E-state index in [1.807, 2.05) is 0 Å². The van der Waals surface area contributed by atoms with Crippen molar-refractivity contribution in [2.75, 3.05) is 13.2 Å². The molecule has 2 nitrogen and oxygen atoms in total. The summed E-state index contributed by atoms with van der Waals surface area (Å²) in [5.74, 6) is -1.26. The molecule has 0 spiro atoms. The van der Waals surface area contributed by atoms with E-state index in [1.54, 1.807) is 0 Å². The molecule has 1 aliphatic heterocycles. The van der Waals surface area contributed by atoms with Crippen LogP contribution in [0.1, 0.15) is 12.8 Å². The fourth-order valence-electron chi connectivity index (χ4n) is 1.87. The van der Waals surface area contributed by atoms with Crippen molar-refractivity contribution < 1.29 is 78.2 Å². The summed E-state index contributed by atoms with van der Waals surface area (Å²) < 4.78 is 61.3. The molecule has 0 aliphatic carbocycles. The third kappa shape index (κ3) is 5.02. The van der Waals surface area contributed by atoms with E-state index in [0.717, 1.165) is 25.0 Å². The van der Waals surface area contributed by atoms with Crippen LogP contribution in [-0.2, 0) is 4.74 Å². The van der Waals surface area contributed by atoms with Crippen LogP contribution in [0.5, 0.6) is 5.75 Å². The van der Waals surface area contributed by atoms with Gasteiger partial charge in [0, 0.05) is 6.61 Å². The van der Waals surface area contributed by atoms with Gasteiger partial charge in [-0.25, -0.2) is 4.39 Å². The molecule has 0 saturated carbocycles. The molecule has 19 heavy (non-hydrogen) atoms. The summed E-state index contributed by atoms with van der Waals surface area (Å²) in [7, 11) is 0. The van der Waals surface area contributed by atoms with Crippen LogP contribution in [0.4, 0.5) is 17.3 Å². The number of rotatable bonds is 4. The van der Waals surface area contributed by atoms with Gasteiger partial charge in [0.2, 0.25) is 0 Å². The first kappa shape index (κ1) is 17.5. The Morgan fingerprint density at radius 1 is 1.32 bits per heavy atom. The first-order valence-corrected chi connectivity index (χ1v) is 5.70. The molecule has 0 aromatic heterocycles. The molecular formula is C11H12BF4KO2. The number of ether oxygens (including phenoxy) is 2. The molecular weight excluding hydrogens is 290 g/mol. The summed E-state index contributed by atoms with van der Waals surface area (Å²) in [6, 6.07) is 2.43. The van der Waals surface area contributed by atoms with Crippen molar-refractivity contribution in [1.29, 1.82) is 0 Å². The van der Waals surface area contributed by atoms with Crippen molar-refractivity contribution in [2.45, 2.75) is 18.9 Å². The summed E-state index contributed by atoms with van der Waals surface area (Å²) in [5.41, 5.74) is -1.03. The molecule has 0 N–H and O–H groups in total. The van der Waals surface area contributed by atoms with Crippen LogP contribution in [0, 0.1) is 5.82 Å². The van der Waals surface area contributed by atoms with Gasteiger partial charge >= 0.3 is 58.4 Å². The number of benzene rings is 1. The van der Waals surface area contributed by atoms with Crippen molar-refractivity contribution in [2.24, 2.45) is 0 Å². The molecule has 100 valence electrons. The van der Waals surface area contributed by atoms with Crippen LogP contribution in [0.2, 0.25) is 0 Å². The van der Waals surface area contributed by atoms with Crippen LogP contribution in [-0.4, -0.2) is 26.3 Å². The monoisotopic (exact) mass is 302 g/mol. The van der Waals surface area contributed by atoms with Gasteiger partial charge in [-0.1, -0.05) is 5.46 Å². The molecule has 1 aliphatic rings. The maximum Gasteiger partial charge on any atom is 1.00 e. The van der Waals surface area contributed by atoms with Gasteiger partial charge in [0.15, 0.2) is 0 Å². The molecule has 1 atom stereocenters. The van der Waals surface area contributed by atoms with Gasteiger partial charge in [0.1, 0.15) is 12.4 Å². The molecule has 1 heterocycles. The van der Waals surface area contributed by atoms with Crippen LogP contribution in [0.3, 0.4) is 0 Å². The van der Waals surface area contributed by atoms with Crippen molar-refractivity contribution in [3.8, 4) is 5.75 Å². The average Bonchev–Trinajstić information content (AvgIpc) is 2.79. The zero-order valence-electron chi connectivity index (χ0n) is 10.5. The zero-order chi connectivity index (χ0) is 13.2. The van der Waals surface area contributed by atoms with Crippen molar-refractivity contribution >= 4 is 12.4 Å². The summed E-state index contributed by atoms with van der Waals surface area (Å²) in [6.07, 6.45) is 1.48. The SMILES string of the molecule is Fc1ccc(OCC2CCCO2)c([B-](F)(F)F)c1.[K+]. The molecule has 1 aromatic rings. The van der Waals surface area contributed by atoms with E-state index in [2.05, 4.69) is 0 Å². The number of hydrogen-bond acceptors (Lipinski definition) is 2. The summed E-state index contributed by atoms with van der Waals surface area (Å²) in [4.78, 5) is 0. The first-order valence-electron chi connectivity index (χ1n) is 5.70. The van der Waals surface area contributed by atoms with Gasteiger partial charge in [-0.2, -0.15) is 0 Å². The maximum absolute atomic E-state index is 12.8. The second kappa shape index (κ2) is 7.42. The summed E-state index contributed by atoms with van der Waals surface area (Å²) in [6.45, 7) is -4.62. The fraction of sp³-hybridized carbons (Fsp3) is 0.455. The average molecular weight is 302 g/mol. The molecule has 0 radical (unpaired) electrons. The van der Waals surface area contributed by atoms with E-state index in [0.29, 0.717) is 12.7 Å². The normalized spacial score (nSPS) is 19.1. The van der Waals surface area contributed by atoms with E-state index in [-0.39, 0.29) is 69.8 Å². The van der Waals surface area contributed by atoms with E-state index in [9.17, 15) is 17.3 Å². The minimum atomic E-state index is -5.29. The predicted molar refractivity (Wildman–Crippen MR) is 59.6 cm³/mol. The molecule has 1 fully saturated rings. The Morgan fingerprint density at radius 3 is 2.63 bits per heavy atom. The molecule has 1 saturated heterocycles. The van der Waals surface area contributed by atoms with Crippen LogP contribution in [0.25, 0.3) is 0 Å². The third-order valence-corrected chi connectivity index (χ3v) is 2.77. The minimum absolute atomic E-state index is 0. The van der Waals surface area contributed by atoms with Gasteiger partial charge in [-0.05, 0) is 31.0 Å². The zero-order valence-corrected chi connectivity index (χ0v) is 13.7. The number of hydrogen-bond donors (Lipinski definition) is 0. The fourth-order valence-corrected chi connectivity index (χ4v) is 1.87. The minimum Gasteiger partial charge on any atom is -0.494 e. The standard InChI is InChI=1S/C11H12BF4O2.K/c13-8-3-4-11(10(6-8)12(14,15)16)18-7-9-2-1-5-17-9;/h3-4,6,9H,1-2,5,7H2;/q-1;+1. The Kier molecular flexibility index (Phi) is 6.82. The van der Waals surface area contributed by atoms with Gasteiger partial charge < -0.3 is 22.4 Å². The van der Waals surface area contributed by atoms with E-state index < -0.39 is 18.3 Å². The second-order valence-electron chi connectivity index (χ2n) is 4.20.